The third-order valence-corrected chi connectivity index (χ3v) is 3.39. The number of methoxy groups -OCH3 is 1. The van der Waals surface area contributed by atoms with E-state index in [2.05, 4.69) is 10.1 Å². The first-order valence-electron chi connectivity index (χ1n) is 6.65. The molecule has 0 saturated carbocycles. The van der Waals surface area contributed by atoms with Crippen molar-refractivity contribution in [3.8, 4) is 0 Å². The van der Waals surface area contributed by atoms with Crippen molar-refractivity contribution in [1.29, 1.82) is 0 Å². The molecule has 5 nitrogen and oxygen atoms in total. The number of amides is 1. The van der Waals surface area contributed by atoms with Crippen LogP contribution < -0.4 is 5.32 Å². The molecule has 1 N–H and O–H groups in total. The zero-order chi connectivity index (χ0) is 13.4. The van der Waals surface area contributed by atoms with Gasteiger partial charge in [-0.1, -0.05) is 0 Å². The van der Waals surface area contributed by atoms with Gasteiger partial charge in [0.1, 0.15) is 0 Å². The van der Waals surface area contributed by atoms with E-state index in [0.29, 0.717) is 31.7 Å². The van der Waals surface area contributed by atoms with Crippen molar-refractivity contribution >= 4 is 11.9 Å². The highest BCUT2D eigenvalue weighted by molar-refractivity contribution is 5.76. The Kier molecular flexibility index (Phi) is 6.72. The SMILES string of the molecule is COC(=O)CCCN(C)C(=O)CC1CCCNC1. The smallest absolute Gasteiger partial charge is 0.305 e. The Labute approximate surface area is 109 Å². The van der Waals surface area contributed by atoms with Crippen LogP contribution in [0.25, 0.3) is 0 Å². The maximum absolute atomic E-state index is 11.9. The summed E-state index contributed by atoms with van der Waals surface area (Å²) in [5.74, 6) is 0.426. The Balaban J connectivity index is 2.17. The average Bonchev–Trinajstić information content (AvgIpc) is 2.39. The van der Waals surface area contributed by atoms with Crippen molar-refractivity contribution in [2.75, 3.05) is 33.8 Å². The van der Waals surface area contributed by atoms with E-state index in [1.54, 1.807) is 11.9 Å². The molecule has 1 unspecified atom stereocenters. The highest BCUT2D eigenvalue weighted by Gasteiger charge is 2.18. The van der Waals surface area contributed by atoms with Gasteiger partial charge >= 0.3 is 5.97 Å². The molecule has 5 heteroatoms. The number of hydrogen-bond acceptors (Lipinski definition) is 4. The van der Waals surface area contributed by atoms with E-state index in [-0.39, 0.29) is 11.9 Å². The Bertz CT molecular complexity index is 275. The molecule has 0 radical (unpaired) electrons. The van der Waals surface area contributed by atoms with Gasteiger partial charge in [0.25, 0.3) is 0 Å². The van der Waals surface area contributed by atoms with Gasteiger partial charge < -0.3 is 15.0 Å². The monoisotopic (exact) mass is 256 g/mol. The van der Waals surface area contributed by atoms with Crippen LogP contribution in [0.5, 0.6) is 0 Å². The lowest BCUT2D eigenvalue weighted by atomic mass is 9.95. The Morgan fingerprint density at radius 1 is 1.44 bits per heavy atom. The summed E-state index contributed by atoms with van der Waals surface area (Å²) in [6.07, 6.45) is 3.94. The van der Waals surface area contributed by atoms with Crippen LogP contribution in [0.2, 0.25) is 0 Å². The fraction of sp³-hybridized carbons (Fsp3) is 0.846. The third kappa shape index (κ3) is 5.49. The first-order valence-corrected chi connectivity index (χ1v) is 6.65. The van der Waals surface area contributed by atoms with Gasteiger partial charge in [-0.3, -0.25) is 9.59 Å². The summed E-state index contributed by atoms with van der Waals surface area (Å²) in [6, 6.07) is 0. The zero-order valence-electron chi connectivity index (χ0n) is 11.4. The summed E-state index contributed by atoms with van der Waals surface area (Å²) in [5.41, 5.74) is 0. The van der Waals surface area contributed by atoms with Crippen molar-refractivity contribution in [3.63, 3.8) is 0 Å². The second-order valence-corrected chi connectivity index (χ2v) is 4.91. The molecule has 1 aliphatic heterocycles. The van der Waals surface area contributed by atoms with Crippen LogP contribution >= 0.6 is 0 Å². The number of rotatable bonds is 6. The molecule has 0 aromatic heterocycles. The van der Waals surface area contributed by atoms with Crippen LogP contribution in [0.4, 0.5) is 0 Å². The lowest BCUT2D eigenvalue weighted by Crippen LogP contribution is -2.35. The van der Waals surface area contributed by atoms with Gasteiger partial charge in [0.15, 0.2) is 0 Å². The molecule has 1 aliphatic rings. The van der Waals surface area contributed by atoms with Crippen molar-refractivity contribution in [2.45, 2.75) is 32.1 Å². The number of nitrogens with one attached hydrogen (secondary N) is 1. The minimum atomic E-state index is -0.215. The molecule has 104 valence electrons. The molecule has 0 aromatic carbocycles. The molecule has 0 spiro atoms. The van der Waals surface area contributed by atoms with Crippen LogP contribution in [0.3, 0.4) is 0 Å². The molecule has 18 heavy (non-hydrogen) atoms. The Hall–Kier alpha value is -1.10. The molecule has 0 bridgehead atoms. The molecule has 0 aliphatic carbocycles. The molecule has 1 atom stereocenters. The largest absolute Gasteiger partial charge is 0.469 e. The summed E-state index contributed by atoms with van der Waals surface area (Å²) in [5, 5.41) is 3.31. The predicted octanol–water partition coefficient (Wildman–Crippen LogP) is 0.788. The number of carbonyl (C=O) groups excluding carboxylic acids is 2. The highest BCUT2D eigenvalue weighted by atomic mass is 16.5. The van der Waals surface area contributed by atoms with Gasteiger partial charge in [-0.15, -0.1) is 0 Å². The minimum absolute atomic E-state index is 0.175. The summed E-state index contributed by atoms with van der Waals surface area (Å²) < 4.78 is 4.56. The Morgan fingerprint density at radius 2 is 2.22 bits per heavy atom. The summed E-state index contributed by atoms with van der Waals surface area (Å²) >= 11 is 0. The summed E-state index contributed by atoms with van der Waals surface area (Å²) in [6.45, 7) is 2.63. The lowest BCUT2D eigenvalue weighted by Gasteiger charge is -2.25. The molecule has 1 fully saturated rings. The van der Waals surface area contributed by atoms with E-state index in [1.807, 2.05) is 0 Å². The quantitative estimate of drug-likeness (QED) is 0.714. The summed E-state index contributed by atoms with van der Waals surface area (Å²) in [4.78, 5) is 24.6. The lowest BCUT2D eigenvalue weighted by molar-refractivity contribution is -0.141. The van der Waals surface area contributed by atoms with Crippen molar-refractivity contribution < 1.29 is 14.3 Å². The van der Waals surface area contributed by atoms with Gasteiger partial charge in [0, 0.05) is 26.4 Å². The number of hydrogen-bond donors (Lipinski definition) is 1. The molecule has 0 aromatic rings. The van der Waals surface area contributed by atoms with E-state index in [9.17, 15) is 9.59 Å². The van der Waals surface area contributed by atoms with Gasteiger partial charge in [0.05, 0.1) is 7.11 Å². The van der Waals surface area contributed by atoms with Crippen LogP contribution in [0.1, 0.15) is 32.1 Å². The average molecular weight is 256 g/mol. The maximum Gasteiger partial charge on any atom is 0.305 e. The van der Waals surface area contributed by atoms with Crippen LogP contribution in [-0.4, -0.2) is 50.6 Å². The number of piperidine rings is 1. The van der Waals surface area contributed by atoms with Crippen LogP contribution in [0.15, 0.2) is 0 Å². The normalized spacial score (nSPS) is 19.3. The fourth-order valence-electron chi connectivity index (χ4n) is 2.19. The first kappa shape index (κ1) is 15.0. The molecular weight excluding hydrogens is 232 g/mol. The van der Waals surface area contributed by atoms with Gasteiger partial charge in [-0.25, -0.2) is 0 Å². The summed E-state index contributed by atoms with van der Waals surface area (Å²) in [7, 11) is 3.18. The molecule has 1 heterocycles. The van der Waals surface area contributed by atoms with Crippen molar-refractivity contribution in [1.82, 2.24) is 10.2 Å². The number of esters is 1. The topological polar surface area (TPSA) is 58.6 Å². The third-order valence-electron chi connectivity index (χ3n) is 3.39. The van der Waals surface area contributed by atoms with Crippen molar-refractivity contribution in [3.05, 3.63) is 0 Å². The van der Waals surface area contributed by atoms with E-state index in [1.165, 1.54) is 7.11 Å². The van der Waals surface area contributed by atoms with Crippen LogP contribution in [-0.2, 0) is 14.3 Å². The predicted molar refractivity (Wildman–Crippen MR) is 69.1 cm³/mol. The van der Waals surface area contributed by atoms with Crippen LogP contribution in [0, 0.1) is 5.92 Å². The van der Waals surface area contributed by atoms with Gasteiger partial charge in [-0.2, -0.15) is 0 Å². The second kappa shape index (κ2) is 8.08. The van der Waals surface area contributed by atoms with Crippen molar-refractivity contribution in [2.24, 2.45) is 5.92 Å². The first-order chi connectivity index (χ1) is 8.63. The molecule has 1 amide bonds. The minimum Gasteiger partial charge on any atom is -0.469 e. The Morgan fingerprint density at radius 3 is 2.83 bits per heavy atom. The van der Waals surface area contributed by atoms with Gasteiger partial charge in [0.2, 0.25) is 5.91 Å². The van der Waals surface area contributed by atoms with E-state index < -0.39 is 0 Å². The number of carbonyl (C=O) groups is 2. The standard InChI is InChI=1S/C13H24N2O3/c1-15(8-4-6-13(17)18-2)12(16)9-11-5-3-7-14-10-11/h11,14H,3-10H2,1-2H3. The highest BCUT2D eigenvalue weighted by Crippen LogP contribution is 2.15. The zero-order valence-corrected chi connectivity index (χ0v) is 11.4. The second-order valence-electron chi connectivity index (χ2n) is 4.91. The van der Waals surface area contributed by atoms with E-state index in [4.69, 9.17) is 0 Å². The van der Waals surface area contributed by atoms with E-state index >= 15 is 0 Å². The molecular formula is C13H24N2O3. The van der Waals surface area contributed by atoms with Gasteiger partial charge in [-0.05, 0) is 38.3 Å². The molecule has 1 saturated heterocycles. The van der Waals surface area contributed by atoms with E-state index in [0.717, 1.165) is 25.9 Å². The fourth-order valence-corrected chi connectivity index (χ4v) is 2.19. The number of ether oxygens (including phenoxy) is 1. The maximum atomic E-state index is 11.9. The number of nitrogens with zero attached hydrogens (tertiary/aromatic N) is 1. The molecule has 1 rings (SSSR count).